The van der Waals surface area contributed by atoms with Gasteiger partial charge in [0.25, 0.3) is 0 Å². The molecule has 2 aromatic heterocycles. The number of aromatic nitrogens is 3. The van der Waals surface area contributed by atoms with Crippen LogP contribution in [0.1, 0.15) is 37.7 Å². The van der Waals surface area contributed by atoms with Crippen molar-refractivity contribution in [2.75, 3.05) is 20.1 Å². The van der Waals surface area contributed by atoms with Gasteiger partial charge in [-0.05, 0) is 35.1 Å². The van der Waals surface area contributed by atoms with E-state index in [-0.39, 0.29) is 29.4 Å². The van der Waals surface area contributed by atoms with E-state index >= 15 is 0 Å². The Morgan fingerprint density at radius 1 is 0.966 bits per heavy atom. The summed E-state index contributed by atoms with van der Waals surface area (Å²) in [7, 11) is 1.79. The van der Waals surface area contributed by atoms with Crippen LogP contribution in [0.25, 0.3) is 5.65 Å². The normalized spacial score (nSPS) is 11.9. The van der Waals surface area contributed by atoms with E-state index in [4.69, 9.17) is 0 Å². The van der Waals surface area contributed by atoms with Crippen molar-refractivity contribution in [3.8, 4) is 0 Å². The molecule has 2 N–H and O–H groups in total. The number of rotatable bonds is 6. The molecule has 156 valence electrons. The van der Waals surface area contributed by atoms with Crippen LogP contribution >= 0.6 is 24.0 Å². The summed E-state index contributed by atoms with van der Waals surface area (Å²) in [6, 6.07) is 14.8. The summed E-state index contributed by atoms with van der Waals surface area (Å²) in [6.07, 6.45) is 3.72. The Morgan fingerprint density at radius 2 is 1.66 bits per heavy atom. The van der Waals surface area contributed by atoms with Crippen LogP contribution in [0.4, 0.5) is 0 Å². The third-order valence-electron chi connectivity index (χ3n) is 4.78. The fraction of sp³-hybridized carbons (Fsp3) is 0.409. The smallest absolute Gasteiger partial charge is 0.191 e. The van der Waals surface area contributed by atoms with E-state index in [9.17, 15) is 0 Å². The number of hydrogen-bond donors (Lipinski definition) is 2. The molecule has 6 nitrogen and oxygen atoms in total. The van der Waals surface area contributed by atoms with Gasteiger partial charge in [0.2, 0.25) is 0 Å². The number of halogens is 1. The van der Waals surface area contributed by atoms with Crippen LogP contribution in [0.2, 0.25) is 0 Å². The predicted molar refractivity (Wildman–Crippen MR) is 130 cm³/mol. The monoisotopic (exact) mass is 506 g/mol. The van der Waals surface area contributed by atoms with E-state index in [2.05, 4.69) is 70.9 Å². The second-order valence-electron chi connectivity index (χ2n) is 7.92. The van der Waals surface area contributed by atoms with Gasteiger partial charge in [0.05, 0.1) is 0 Å². The number of nitrogens with zero attached hydrogens (tertiary/aromatic N) is 4. The van der Waals surface area contributed by atoms with Gasteiger partial charge in [0.15, 0.2) is 11.6 Å². The van der Waals surface area contributed by atoms with Gasteiger partial charge in [0, 0.05) is 32.8 Å². The summed E-state index contributed by atoms with van der Waals surface area (Å²) in [5, 5.41) is 15.2. The highest BCUT2D eigenvalue weighted by Crippen LogP contribution is 2.22. The summed E-state index contributed by atoms with van der Waals surface area (Å²) in [5.74, 6) is 1.75. The Hall–Kier alpha value is -2.16. The first-order chi connectivity index (χ1) is 13.5. The lowest BCUT2D eigenvalue weighted by molar-refractivity contribution is 0.590. The maximum atomic E-state index is 4.30. The minimum atomic E-state index is 0. The molecule has 0 unspecified atom stereocenters. The minimum absolute atomic E-state index is 0. The van der Waals surface area contributed by atoms with E-state index in [0.29, 0.717) is 0 Å². The van der Waals surface area contributed by atoms with E-state index in [1.807, 2.05) is 28.8 Å². The first-order valence-electron chi connectivity index (χ1n) is 9.80. The van der Waals surface area contributed by atoms with Crippen LogP contribution in [0.5, 0.6) is 0 Å². The van der Waals surface area contributed by atoms with Crippen molar-refractivity contribution in [3.05, 3.63) is 65.6 Å². The van der Waals surface area contributed by atoms with Gasteiger partial charge < -0.3 is 10.6 Å². The molecule has 7 heteroatoms. The maximum absolute atomic E-state index is 4.30. The molecule has 2 heterocycles. The lowest BCUT2D eigenvalue weighted by Crippen LogP contribution is -2.39. The summed E-state index contributed by atoms with van der Waals surface area (Å²) in [4.78, 5) is 4.30. The summed E-state index contributed by atoms with van der Waals surface area (Å²) < 4.78 is 2.01. The van der Waals surface area contributed by atoms with Crippen molar-refractivity contribution in [3.63, 3.8) is 0 Å². The van der Waals surface area contributed by atoms with E-state index in [1.165, 1.54) is 11.1 Å². The standard InChI is InChI=1S/C22H30N6.HI/c1-22(2,3)18-10-8-17(9-11-18)12-14-24-21(23-4)25-15-13-20-27-26-19-7-5-6-16-28(19)20;/h5-11,16H,12-15H2,1-4H3,(H2,23,24,25);1H. The van der Waals surface area contributed by atoms with Crippen molar-refractivity contribution in [2.45, 2.75) is 39.0 Å². The molecule has 0 spiro atoms. The van der Waals surface area contributed by atoms with Crippen molar-refractivity contribution in [2.24, 2.45) is 4.99 Å². The van der Waals surface area contributed by atoms with Crippen LogP contribution in [0, 0.1) is 0 Å². The molecule has 0 fully saturated rings. The maximum Gasteiger partial charge on any atom is 0.191 e. The largest absolute Gasteiger partial charge is 0.356 e. The highest BCUT2D eigenvalue weighted by molar-refractivity contribution is 14.0. The molecule has 0 saturated carbocycles. The van der Waals surface area contributed by atoms with Gasteiger partial charge in [-0.2, -0.15) is 0 Å². The molecule has 0 aliphatic carbocycles. The first-order valence-corrected chi connectivity index (χ1v) is 9.80. The van der Waals surface area contributed by atoms with Crippen LogP contribution < -0.4 is 10.6 Å². The highest BCUT2D eigenvalue weighted by atomic mass is 127. The average molecular weight is 506 g/mol. The molecule has 0 saturated heterocycles. The zero-order valence-electron chi connectivity index (χ0n) is 17.6. The van der Waals surface area contributed by atoms with Crippen LogP contribution in [0.15, 0.2) is 53.7 Å². The SMILES string of the molecule is CN=C(NCCc1ccc(C(C)(C)C)cc1)NCCc1nnc2ccccn12.I. The van der Waals surface area contributed by atoms with Gasteiger partial charge in [-0.25, -0.2) is 0 Å². The van der Waals surface area contributed by atoms with Gasteiger partial charge in [-0.1, -0.05) is 51.1 Å². The van der Waals surface area contributed by atoms with Crippen molar-refractivity contribution < 1.29 is 0 Å². The molecule has 0 atom stereocenters. The lowest BCUT2D eigenvalue weighted by Gasteiger charge is -2.19. The van der Waals surface area contributed by atoms with Gasteiger partial charge in [-0.3, -0.25) is 9.39 Å². The highest BCUT2D eigenvalue weighted by Gasteiger charge is 2.12. The van der Waals surface area contributed by atoms with Gasteiger partial charge in [0.1, 0.15) is 5.82 Å². The molecule has 0 bridgehead atoms. The molecule has 0 aliphatic rings. The summed E-state index contributed by atoms with van der Waals surface area (Å²) >= 11 is 0. The van der Waals surface area contributed by atoms with Gasteiger partial charge in [-0.15, -0.1) is 34.2 Å². The zero-order chi connectivity index (χ0) is 20.0. The molecular weight excluding hydrogens is 475 g/mol. The number of pyridine rings is 1. The van der Waals surface area contributed by atoms with Crippen molar-refractivity contribution in [1.82, 2.24) is 25.2 Å². The lowest BCUT2D eigenvalue weighted by atomic mass is 9.86. The molecule has 0 radical (unpaired) electrons. The molecule has 0 amide bonds. The first kappa shape index (κ1) is 23.1. The fourth-order valence-electron chi connectivity index (χ4n) is 3.07. The number of aliphatic imine (C=N–C) groups is 1. The molecule has 0 aliphatic heterocycles. The average Bonchev–Trinajstić information content (AvgIpc) is 3.10. The summed E-state index contributed by atoms with van der Waals surface area (Å²) in [6.45, 7) is 8.29. The van der Waals surface area contributed by atoms with E-state index in [0.717, 1.165) is 43.4 Å². The molecule has 1 aromatic carbocycles. The number of benzene rings is 1. The fourth-order valence-corrected chi connectivity index (χ4v) is 3.07. The molecule has 3 aromatic rings. The Morgan fingerprint density at radius 3 is 2.31 bits per heavy atom. The Labute approximate surface area is 190 Å². The van der Waals surface area contributed by atoms with Crippen LogP contribution in [-0.2, 0) is 18.3 Å². The third-order valence-corrected chi connectivity index (χ3v) is 4.78. The molecule has 3 rings (SSSR count). The van der Waals surface area contributed by atoms with E-state index in [1.54, 1.807) is 7.05 Å². The number of nitrogens with one attached hydrogen (secondary N) is 2. The van der Waals surface area contributed by atoms with Crippen molar-refractivity contribution in [1.29, 1.82) is 0 Å². The third kappa shape index (κ3) is 6.42. The summed E-state index contributed by atoms with van der Waals surface area (Å²) in [5.41, 5.74) is 3.75. The molecular formula is C22H31IN6. The van der Waals surface area contributed by atoms with Crippen LogP contribution in [0.3, 0.4) is 0 Å². The molecule has 29 heavy (non-hydrogen) atoms. The Kier molecular flexibility index (Phi) is 8.43. The van der Waals surface area contributed by atoms with E-state index < -0.39 is 0 Å². The Bertz CT molecular complexity index is 924. The number of fused-ring (bicyclic) bond motifs is 1. The van der Waals surface area contributed by atoms with Gasteiger partial charge >= 0.3 is 0 Å². The topological polar surface area (TPSA) is 66.6 Å². The van der Waals surface area contributed by atoms with Crippen LogP contribution in [-0.4, -0.2) is 40.7 Å². The quantitative estimate of drug-likeness (QED) is 0.305. The second kappa shape index (κ2) is 10.6. The van der Waals surface area contributed by atoms with Crippen molar-refractivity contribution >= 4 is 35.6 Å². The second-order valence-corrected chi connectivity index (χ2v) is 7.92. The number of hydrogen-bond acceptors (Lipinski definition) is 3. The Balaban J connectivity index is 0.00000300. The number of guanidine groups is 1. The minimum Gasteiger partial charge on any atom is -0.356 e. The predicted octanol–water partition coefficient (Wildman–Crippen LogP) is 3.60. The zero-order valence-corrected chi connectivity index (χ0v) is 20.0.